The second-order valence-electron chi connectivity index (χ2n) is 17.5. The molecule has 1 aliphatic carbocycles. The lowest BCUT2D eigenvalue weighted by atomic mass is 9.91. The van der Waals surface area contributed by atoms with Crippen LogP contribution in [0, 0.1) is 25.6 Å². The lowest BCUT2D eigenvalue weighted by Crippen LogP contribution is -2.45. The van der Waals surface area contributed by atoms with Crippen LogP contribution >= 0.6 is 0 Å². The molecule has 0 radical (unpaired) electrons. The number of anilines is 1. The number of urea groups is 1. The first kappa shape index (κ1) is 40.5. The molecule has 2 saturated heterocycles. The Morgan fingerprint density at radius 2 is 1.76 bits per heavy atom. The van der Waals surface area contributed by atoms with Crippen molar-refractivity contribution < 1.29 is 29.4 Å². The monoisotopic (exact) mass is 858 g/mol. The zero-order chi connectivity index (χ0) is 43.9. The number of nitrogens with zero attached hydrogens (tertiary/aromatic N) is 7. The van der Waals surface area contributed by atoms with Crippen molar-refractivity contribution in [3.63, 3.8) is 0 Å². The normalized spacial score (nSPS) is 21.4. The van der Waals surface area contributed by atoms with Crippen LogP contribution in [0.15, 0.2) is 74.8 Å². The zero-order valence-electron chi connectivity index (χ0n) is 35.9. The van der Waals surface area contributed by atoms with Crippen LogP contribution in [0.1, 0.15) is 96.3 Å². The largest absolute Gasteiger partial charge is 0.497 e. The molecule has 3 atom stereocenters. The Kier molecular flexibility index (Phi) is 9.88. The Hall–Kier alpha value is -6.55. The topological polar surface area (TPSA) is 161 Å². The molecule has 1 saturated carbocycles. The Balaban J connectivity index is 0.00000518. The quantitative estimate of drug-likeness (QED) is 0.166. The lowest BCUT2D eigenvalue weighted by Gasteiger charge is -2.36. The first-order valence-electron chi connectivity index (χ1n) is 21.6. The summed E-state index contributed by atoms with van der Waals surface area (Å²) in [7, 11) is 1.59. The molecule has 3 amide bonds. The molecule has 0 bridgehead atoms. The van der Waals surface area contributed by atoms with E-state index in [0.717, 1.165) is 29.3 Å². The van der Waals surface area contributed by atoms with Crippen LogP contribution in [0.2, 0.25) is 0 Å². The fourth-order valence-electron chi connectivity index (χ4n) is 10.2. The number of H-pyrrole nitrogens is 1. The maximum Gasteiger partial charge on any atom is 0.438 e. The fourth-order valence-corrected chi connectivity index (χ4v) is 10.2. The number of aromatic nitrogens is 5. The second-order valence-corrected chi connectivity index (χ2v) is 17.5. The second kappa shape index (κ2) is 15.4. The van der Waals surface area contributed by atoms with Crippen molar-refractivity contribution >= 4 is 28.8 Å². The third kappa shape index (κ3) is 6.64. The van der Waals surface area contributed by atoms with Gasteiger partial charge < -0.3 is 23.8 Å². The van der Waals surface area contributed by atoms with E-state index >= 15 is 9.18 Å². The number of hydrogen-bond acceptors (Lipinski definition) is 9. The van der Waals surface area contributed by atoms with Crippen molar-refractivity contribution in [2.45, 2.75) is 77.4 Å². The number of carbonyl (C=O) groups excluding carboxylic acids is 2. The summed E-state index contributed by atoms with van der Waals surface area (Å²) >= 11 is 0. The van der Waals surface area contributed by atoms with Crippen molar-refractivity contribution in [2.75, 3.05) is 44.9 Å². The molecule has 63 heavy (non-hydrogen) atoms. The van der Waals surface area contributed by atoms with Gasteiger partial charge in [-0.2, -0.15) is 0 Å². The predicted molar refractivity (Wildman–Crippen MR) is 233 cm³/mol. The average Bonchev–Trinajstić information content (AvgIpc) is 3.58. The number of rotatable bonds is 9. The number of ether oxygens (including phenoxy) is 2. The van der Waals surface area contributed by atoms with E-state index in [-0.39, 0.29) is 56.1 Å². The zero-order valence-corrected chi connectivity index (χ0v) is 35.9. The molecule has 16 heteroatoms. The number of methoxy groups -OCH3 is 1. The molecular weight excluding hydrogens is 808 g/mol. The molecule has 3 aromatic heterocycles. The molecule has 3 aromatic carbocycles. The van der Waals surface area contributed by atoms with Gasteiger partial charge in [0.25, 0.3) is 11.5 Å². The van der Waals surface area contributed by atoms with Crippen molar-refractivity contribution in [1.29, 1.82) is 0 Å². The van der Waals surface area contributed by atoms with Crippen molar-refractivity contribution in [3.8, 4) is 11.4 Å². The Morgan fingerprint density at radius 1 is 1.00 bits per heavy atom. The summed E-state index contributed by atoms with van der Waals surface area (Å²) < 4.78 is 34.5. The SMILES string of the molecule is COc1cccc(CN2CCN(c3nc4c(c(=O)n3-c3cc(C)c(F)c(C)c3)CCN(C(=O)c3cc5cc(C6CCOCC6)ccc5n3[C@@]3(c5noc(=O)[nH]5)C[C@H]3C)[C@@H]4C)C2=O)c1.[HH]. The van der Waals surface area contributed by atoms with E-state index in [4.69, 9.17) is 19.0 Å². The Morgan fingerprint density at radius 3 is 2.46 bits per heavy atom. The minimum atomic E-state index is -0.840. The van der Waals surface area contributed by atoms with E-state index in [1.165, 1.54) is 15.0 Å². The van der Waals surface area contributed by atoms with Crippen LogP contribution in [0.3, 0.4) is 0 Å². The summed E-state index contributed by atoms with van der Waals surface area (Å²) in [5, 5.41) is 5.03. The molecule has 15 nitrogen and oxygen atoms in total. The molecule has 6 heterocycles. The first-order valence-corrected chi connectivity index (χ1v) is 21.6. The molecule has 1 N–H and O–H groups in total. The van der Waals surface area contributed by atoms with Crippen LogP contribution < -0.4 is 21.0 Å². The van der Waals surface area contributed by atoms with Crippen LogP contribution in [-0.4, -0.2) is 86.0 Å². The summed E-state index contributed by atoms with van der Waals surface area (Å²) in [6.07, 6.45) is 2.62. The molecule has 10 rings (SSSR count). The first-order chi connectivity index (χ1) is 30.4. The minimum Gasteiger partial charge on any atom is -0.497 e. The fraction of sp³-hybridized carbons (Fsp3) is 0.404. The summed E-state index contributed by atoms with van der Waals surface area (Å²) in [6, 6.07) is 17.9. The Bertz CT molecular complexity index is 2930. The van der Waals surface area contributed by atoms with Crippen LogP contribution in [0.5, 0.6) is 5.75 Å². The molecule has 6 aromatic rings. The highest BCUT2D eigenvalue weighted by molar-refractivity contribution is 6.00. The van der Waals surface area contributed by atoms with Gasteiger partial charge in [-0.15, -0.1) is 0 Å². The van der Waals surface area contributed by atoms with Gasteiger partial charge >= 0.3 is 11.8 Å². The van der Waals surface area contributed by atoms with E-state index in [9.17, 15) is 14.4 Å². The maximum atomic E-state index is 15.3. The van der Waals surface area contributed by atoms with Crippen molar-refractivity contribution in [3.05, 3.63) is 132 Å². The number of aromatic amines is 1. The smallest absolute Gasteiger partial charge is 0.438 e. The highest BCUT2D eigenvalue weighted by Gasteiger charge is 2.59. The summed E-state index contributed by atoms with van der Waals surface area (Å²) in [5.41, 5.74) is 3.97. The van der Waals surface area contributed by atoms with E-state index in [1.54, 1.807) is 42.9 Å². The van der Waals surface area contributed by atoms with Gasteiger partial charge in [0.1, 0.15) is 22.8 Å². The molecule has 3 fully saturated rings. The minimum absolute atomic E-state index is 0. The number of amides is 3. The highest BCUT2D eigenvalue weighted by atomic mass is 19.1. The van der Waals surface area contributed by atoms with E-state index in [0.29, 0.717) is 84.0 Å². The van der Waals surface area contributed by atoms with Crippen molar-refractivity contribution in [2.24, 2.45) is 5.92 Å². The van der Waals surface area contributed by atoms with E-state index < -0.39 is 17.3 Å². The number of hydrogen-bond donors (Lipinski definition) is 1. The number of fused-ring (bicyclic) bond motifs is 2. The summed E-state index contributed by atoms with van der Waals surface area (Å²) in [4.78, 5) is 69.7. The van der Waals surface area contributed by atoms with Gasteiger partial charge in [-0.3, -0.25) is 24.0 Å². The van der Waals surface area contributed by atoms with E-state index in [1.807, 2.05) is 41.8 Å². The van der Waals surface area contributed by atoms with Gasteiger partial charge in [-0.05, 0) is 123 Å². The number of aryl methyl sites for hydroxylation is 2. The third-order valence-corrected chi connectivity index (χ3v) is 13.7. The van der Waals surface area contributed by atoms with Crippen molar-refractivity contribution in [1.82, 2.24) is 34.1 Å². The molecule has 0 unspecified atom stereocenters. The Labute approximate surface area is 363 Å². The predicted octanol–water partition coefficient (Wildman–Crippen LogP) is 6.75. The number of halogens is 1. The van der Waals surface area contributed by atoms with Gasteiger partial charge in [0.2, 0.25) is 5.95 Å². The van der Waals surface area contributed by atoms with Gasteiger partial charge in [0.05, 0.1) is 24.5 Å². The van der Waals surface area contributed by atoms with E-state index in [2.05, 4.69) is 35.3 Å². The summed E-state index contributed by atoms with van der Waals surface area (Å²) in [6.45, 7) is 9.70. The third-order valence-electron chi connectivity index (χ3n) is 13.7. The molecule has 4 aliphatic rings. The number of nitrogens with one attached hydrogen (secondary N) is 1. The highest BCUT2D eigenvalue weighted by Crippen LogP contribution is 2.56. The standard InChI is InChI=1S/C47H49FN8O7.H2/c1-26-19-34(20-27(2)39(26)48)55-41(57)36-11-14-53(29(4)40(36)49-44(55)54-16-15-52(46(54)60)25-30-7-6-8-35(21-30)61-5)42(58)38-23-33-22-32(31-12-17-62-18-13-31)9-10-37(33)56(38)47(24-28(47)3)43-50-45(59)63-51-43;/h6-10,19-23,28-29,31H,11-18,24-25H2,1-5H3,(H,50,51,59);1H/t28-,29-,47+;/m1./s1. The number of carbonyl (C=O) groups is 2. The van der Waals surface area contributed by atoms with Gasteiger partial charge in [-0.1, -0.05) is 30.3 Å². The maximum absolute atomic E-state index is 15.3. The number of benzene rings is 3. The van der Waals surface area contributed by atoms with Crippen LogP contribution in [0.25, 0.3) is 16.6 Å². The molecule has 3 aliphatic heterocycles. The molecule has 0 spiro atoms. The average molecular weight is 859 g/mol. The van der Waals surface area contributed by atoms with Gasteiger partial charge in [0.15, 0.2) is 5.82 Å². The molecular formula is C47H51FN8O7. The van der Waals surface area contributed by atoms with Gasteiger partial charge in [0, 0.05) is 57.3 Å². The van der Waals surface area contributed by atoms with Crippen LogP contribution in [-0.2, 0) is 23.2 Å². The van der Waals surface area contributed by atoms with Crippen LogP contribution in [0.4, 0.5) is 15.1 Å². The van der Waals surface area contributed by atoms with Gasteiger partial charge in [-0.25, -0.2) is 23.5 Å². The molecule has 328 valence electrons. The lowest BCUT2D eigenvalue weighted by molar-refractivity contribution is 0.0658. The summed E-state index contributed by atoms with van der Waals surface area (Å²) in [5.74, 6) is 0.135.